The Labute approximate surface area is 103 Å². The van der Waals surface area contributed by atoms with E-state index in [-0.39, 0.29) is 0 Å². The van der Waals surface area contributed by atoms with Crippen LogP contribution in [0.25, 0.3) is 0 Å². The third-order valence-electron chi connectivity index (χ3n) is 3.92. The van der Waals surface area contributed by atoms with Crippen LogP contribution in [0.5, 0.6) is 0 Å². The molecule has 2 fully saturated rings. The molecule has 1 aromatic heterocycles. The van der Waals surface area contributed by atoms with E-state index in [1.54, 1.807) is 0 Å². The van der Waals surface area contributed by atoms with Crippen molar-refractivity contribution >= 4 is 0 Å². The molecule has 0 bridgehead atoms. The predicted molar refractivity (Wildman–Crippen MR) is 66.7 cm³/mol. The molecule has 92 valence electrons. The Morgan fingerprint density at radius 1 is 1.53 bits per heavy atom. The highest BCUT2D eigenvalue weighted by molar-refractivity contribution is 5.15. The summed E-state index contributed by atoms with van der Waals surface area (Å²) in [6.45, 7) is 6.54. The molecule has 0 amide bonds. The van der Waals surface area contributed by atoms with Gasteiger partial charge in [-0.2, -0.15) is 0 Å². The van der Waals surface area contributed by atoms with E-state index in [1.165, 1.54) is 24.9 Å². The molecule has 17 heavy (non-hydrogen) atoms. The summed E-state index contributed by atoms with van der Waals surface area (Å²) in [7, 11) is 0. The molecule has 3 heteroatoms. The Kier molecular flexibility index (Phi) is 2.89. The van der Waals surface area contributed by atoms with E-state index in [0.29, 0.717) is 11.5 Å². The molecule has 2 aliphatic heterocycles. The van der Waals surface area contributed by atoms with Gasteiger partial charge in [0.25, 0.3) is 0 Å². The minimum atomic E-state index is 0.380. The van der Waals surface area contributed by atoms with Crippen LogP contribution in [0.3, 0.4) is 0 Å². The fourth-order valence-corrected chi connectivity index (χ4v) is 3.00. The molecular formula is C14H20N2O. The number of pyridine rings is 1. The molecule has 0 aliphatic carbocycles. The van der Waals surface area contributed by atoms with E-state index >= 15 is 0 Å². The molecule has 0 spiro atoms. The average molecular weight is 232 g/mol. The first kappa shape index (κ1) is 11.2. The normalized spacial score (nSPS) is 27.9. The van der Waals surface area contributed by atoms with Gasteiger partial charge in [0.2, 0.25) is 0 Å². The van der Waals surface area contributed by atoms with Crippen LogP contribution in [0.2, 0.25) is 0 Å². The largest absolute Gasteiger partial charge is 0.380 e. The zero-order chi connectivity index (χ0) is 11.7. The quantitative estimate of drug-likeness (QED) is 0.799. The molecule has 3 heterocycles. The lowest BCUT2D eigenvalue weighted by atomic mass is 9.87. The van der Waals surface area contributed by atoms with Gasteiger partial charge in [-0.1, -0.05) is 13.0 Å². The van der Waals surface area contributed by atoms with Gasteiger partial charge in [0, 0.05) is 30.4 Å². The SMILES string of the molecule is CC1(CN2CCCC2c2cccnc2)COC1. The molecule has 1 unspecified atom stereocenters. The number of likely N-dealkylation sites (tertiary alicyclic amines) is 1. The Morgan fingerprint density at radius 3 is 3.06 bits per heavy atom. The van der Waals surface area contributed by atoms with Gasteiger partial charge in [-0.25, -0.2) is 0 Å². The van der Waals surface area contributed by atoms with Crippen LogP contribution in [-0.2, 0) is 4.74 Å². The lowest BCUT2D eigenvalue weighted by Crippen LogP contribution is -2.48. The van der Waals surface area contributed by atoms with Crippen molar-refractivity contribution in [1.29, 1.82) is 0 Å². The van der Waals surface area contributed by atoms with Gasteiger partial charge in [-0.05, 0) is 31.0 Å². The van der Waals surface area contributed by atoms with Crippen LogP contribution in [0, 0.1) is 5.41 Å². The minimum absolute atomic E-state index is 0.380. The fraction of sp³-hybridized carbons (Fsp3) is 0.643. The Bertz CT molecular complexity index is 375. The molecule has 2 saturated heterocycles. The first-order chi connectivity index (χ1) is 8.27. The monoisotopic (exact) mass is 232 g/mol. The van der Waals surface area contributed by atoms with Crippen molar-refractivity contribution in [2.75, 3.05) is 26.3 Å². The smallest absolute Gasteiger partial charge is 0.0554 e. The molecule has 1 atom stereocenters. The van der Waals surface area contributed by atoms with Crippen molar-refractivity contribution in [3.8, 4) is 0 Å². The highest BCUT2D eigenvalue weighted by atomic mass is 16.5. The average Bonchev–Trinajstić information content (AvgIpc) is 2.76. The van der Waals surface area contributed by atoms with Crippen LogP contribution < -0.4 is 0 Å². The van der Waals surface area contributed by atoms with E-state index in [2.05, 4.69) is 22.9 Å². The maximum absolute atomic E-state index is 5.35. The van der Waals surface area contributed by atoms with E-state index in [9.17, 15) is 0 Å². The third-order valence-corrected chi connectivity index (χ3v) is 3.92. The van der Waals surface area contributed by atoms with Crippen molar-refractivity contribution in [2.24, 2.45) is 5.41 Å². The summed E-state index contributed by atoms with van der Waals surface area (Å²) in [6.07, 6.45) is 6.44. The van der Waals surface area contributed by atoms with Gasteiger partial charge in [-0.3, -0.25) is 9.88 Å². The first-order valence-electron chi connectivity index (χ1n) is 6.49. The number of hydrogen-bond donors (Lipinski definition) is 0. The zero-order valence-corrected chi connectivity index (χ0v) is 10.4. The maximum Gasteiger partial charge on any atom is 0.0554 e. The van der Waals surface area contributed by atoms with Gasteiger partial charge >= 0.3 is 0 Å². The van der Waals surface area contributed by atoms with E-state index in [1.807, 2.05) is 18.5 Å². The highest BCUT2D eigenvalue weighted by Crippen LogP contribution is 2.36. The predicted octanol–water partition coefficient (Wildman–Crippen LogP) is 2.25. The molecule has 0 saturated carbocycles. The molecule has 0 N–H and O–H groups in total. The maximum atomic E-state index is 5.35. The first-order valence-corrected chi connectivity index (χ1v) is 6.49. The minimum Gasteiger partial charge on any atom is -0.380 e. The molecule has 2 aliphatic rings. The van der Waals surface area contributed by atoms with E-state index in [4.69, 9.17) is 4.74 Å². The van der Waals surface area contributed by atoms with Crippen molar-refractivity contribution in [1.82, 2.24) is 9.88 Å². The van der Waals surface area contributed by atoms with Crippen LogP contribution in [0.1, 0.15) is 31.4 Å². The van der Waals surface area contributed by atoms with Crippen LogP contribution in [-0.4, -0.2) is 36.2 Å². The summed E-state index contributed by atoms with van der Waals surface area (Å²) in [6, 6.07) is 4.82. The molecule has 0 radical (unpaired) electrons. The number of ether oxygens (including phenoxy) is 1. The van der Waals surface area contributed by atoms with Crippen molar-refractivity contribution in [3.63, 3.8) is 0 Å². The Hall–Kier alpha value is -0.930. The van der Waals surface area contributed by atoms with Crippen LogP contribution in [0.4, 0.5) is 0 Å². The topological polar surface area (TPSA) is 25.4 Å². The van der Waals surface area contributed by atoms with Gasteiger partial charge in [0.1, 0.15) is 0 Å². The number of hydrogen-bond acceptors (Lipinski definition) is 3. The zero-order valence-electron chi connectivity index (χ0n) is 10.4. The molecule has 3 nitrogen and oxygen atoms in total. The Morgan fingerprint density at radius 2 is 2.41 bits per heavy atom. The van der Waals surface area contributed by atoms with Crippen LogP contribution in [0.15, 0.2) is 24.5 Å². The van der Waals surface area contributed by atoms with Crippen LogP contribution >= 0.6 is 0 Å². The summed E-state index contributed by atoms with van der Waals surface area (Å²) < 4.78 is 5.35. The van der Waals surface area contributed by atoms with Gasteiger partial charge < -0.3 is 4.74 Å². The highest BCUT2D eigenvalue weighted by Gasteiger charge is 2.38. The fourth-order valence-electron chi connectivity index (χ4n) is 3.00. The Balaban J connectivity index is 1.72. The lowest BCUT2D eigenvalue weighted by Gasteiger charge is -2.42. The second-order valence-corrected chi connectivity index (χ2v) is 5.72. The standard InChI is InChI=1S/C14H20N2O/c1-14(10-17-11-14)9-16-7-3-5-13(16)12-4-2-6-15-8-12/h2,4,6,8,13H,3,5,7,9-11H2,1H3. The number of aromatic nitrogens is 1. The number of nitrogens with zero attached hydrogens (tertiary/aromatic N) is 2. The molecule has 1 aromatic rings. The summed E-state index contributed by atoms with van der Waals surface area (Å²) in [4.78, 5) is 6.85. The van der Waals surface area contributed by atoms with Gasteiger partial charge in [0.05, 0.1) is 13.2 Å². The third kappa shape index (κ3) is 2.22. The van der Waals surface area contributed by atoms with Crippen molar-refractivity contribution < 1.29 is 4.74 Å². The molecular weight excluding hydrogens is 212 g/mol. The van der Waals surface area contributed by atoms with Crippen molar-refractivity contribution in [2.45, 2.75) is 25.8 Å². The second kappa shape index (κ2) is 4.39. The van der Waals surface area contributed by atoms with Gasteiger partial charge in [-0.15, -0.1) is 0 Å². The van der Waals surface area contributed by atoms with Crippen molar-refractivity contribution in [3.05, 3.63) is 30.1 Å². The summed E-state index contributed by atoms with van der Waals surface area (Å²) >= 11 is 0. The number of rotatable bonds is 3. The summed E-state index contributed by atoms with van der Waals surface area (Å²) in [5.74, 6) is 0. The van der Waals surface area contributed by atoms with Gasteiger partial charge in [0.15, 0.2) is 0 Å². The summed E-state index contributed by atoms with van der Waals surface area (Å²) in [5.41, 5.74) is 1.75. The van der Waals surface area contributed by atoms with E-state index in [0.717, 1.165) is 19.8 Å². The second-order valence-electron chi connectivity index (χ2n) is 5.72. The molecule has 0 aromatic carbocycles. The molecule has 3 rings (SSSR count). The lowest BCUT2D eigenvalue weighted by molar-refractivity contribution is -0.116. The van der Waals surface area contributed by atoms with E-state index < -0.39 is 0 Å². The summed E-state index contributed by atoms with van der Waals surface area (Å²) in [5, 5.41) is 0.